The van der Waals surface area contributed by atoms with Crippen molar-refractivity contribution in [3.05, 3.63) is 70.2 Å². The third-order valence-electron chi connectivity index (χ3n) is 3.57. The molecule has 0 unspecified atom stereocenters. The van der Waals surface area contributed by atoms with Crippen LogP contribution in [0.5, 0.6) is 0 Å². The Labute approximate surface area is 163 Å². The number of oxime groups is 3. The van der Waals surface area contributed by atoms with Gasteiger partial charge in [0, 0.05) is 16.1 Å². The first-order chi connectivity index (χ1) is 13.1. The smallest absolute Gasteiger partial charge is 0.192 e. The lowest BCUT2D eigenvalue weighted by molar-refractivity contribution is 0.130. The maximum absolute atomic E-state index is 5.92. The molecule has 2 N–H and O–H groups in total. The molecule has 0 aliphatic heterocycles. The molecule has 0 saturated carbocycles. The van der Waals surface area contributed by atoms with Crippen LogP contribution in [0, 0.1) is 0 Å². The van der Waals surface area contributed by atoms with Gasteiger partial charge in [-0.1, -0.05) is 63.5 Å². The molecule has 0 aromatic heterocycles. The summed E-state index contributed by atoms with van der Waals surface area (Å²) in [6.45, 7) is 2.07. The Morgan fingerprint density at radius 2 is 1.63 bits per heavy atom. The van der Waals surface area contributed by atoms with E-state index in [2.05, 4.69) is 15.5 Å². The summed E-state index contributed by atoms with van der Waals surface area (Å²) in [5.41, 5.74) is 9.43. The van der Waals surface area contributed by atoms with E-state index in [-0.39, 0.29) is 12.4 Å². The summed E-state index contributed by atoms with van der Waals surface area (Å²) in [6.07, 6.45) is 0. The van der Waals surface area contributed by atoms with Crippen LogP contribution >= 0.6 is 11.6 Å². The van der Waals surface area contributed by atoms with Crippen LogP contribution in [0.25, 0.3) is 0 Å². The van der Waals surface area contributed by atoms with E-state index in [0.717, 1.165) is 16.8 Å². The molecule has 0 spiro atoms. The summed E-state index contributed by atoms with van der Waals surface area (Å²) in [6, 6.07) is 14.8. The fourth-order valence-corrected chi connectivity index (χ4v) is 2.41. The zero-order valence-electron chi connectivity index (χ0n) is 15.3. The van der Waals surface area contributed by atoms with Crippen molar-refractivity contribution in [1.29, 1.82) is 0 Å². The SMILES string of the molecule is CO/N=C(N)/C(=N/OC)c1ccccc1CO/N=C(\C)c1ccc(Cl)cc1. The van der Waals surface area contributed by atoms with Crippen LogP contribution in [0.2, 0.25) is 5.02 Å². The number of amidine groups is 1. The van der Waals surface area contributed by atoms with Crippen molar-refractivity contribution in [2.75, 3.05) is 14.2 Å². The third-order valence-corrected chi connectivity index (χ3v) is 3.82. The molecule has 0 atom stereocenters. The number of hydrogen-bond donors (Lipinski definition) is 1. The van der Waals surface area contributed by atoms with Gasteiger partial charge in [-0.05, 0) is 24.6 Å². The Hall–Kier alpha value is -3.06. The molecule has 8 heteroatoms. The average Bonchev–Trinajstić information content (AvgIpc) is 2.67. The summed E-state index contributed by atoms with van der Waals surface area (Å²) in [7, 11) is 2.83. The van der Waals surface area contributed by atoms with E-state index in [0.29, 0.717) is 16.3 Å². The molecule has 142 valence electrons. The highest BCUT2D eigenvalue weighted by atomic mass is 35.5. The minimum absolute atomic E-state index is 0.0904. The summed E-state index contributed by atoms with van der Waals surface area (Å²) in [5.74, 6) is 0.0904. The van der Waals surface area contributed by atoms with E-state index in [9.17, 15) is 0 Å². The van der Waals surface area contributed by atoms with Gasteiger partial charge in [-0.3, -0.25) is 0 Å². The standard InChI is InChI=1S/C19H21ClN4O3/c1-13(14-8-10-16(20)11-9-14)22-27-12-15-6-4-5-7-17(15)18(23-25-2)19(21)24-26-3/h4-11H,12H2,1-3H3,(H2,21,24)/b22-13+,23-18+. The van der Waals surface area contributed by atoms with Crippen LogP contribution < -0.4 is 5.73 Å². The molecule has 0 fully saturated rings. The van der Waals surface area contributed by atoms with Gasteiger partial charge in [0.2, 0.25) is 0 Å². The Balaban J connectivity index is 2.20. The summed E-state index contributed by atoms with van der Waals surface area (Å²) >= 11 is 5.90. The zero-order chi connectivity index (χ0) is 19.6. The van der Waals surface area contributed by atoms with Crippen molar-refractivity contribution in [2.45, 2.75) is 13.5 Å². The Morgan fingerprint density at radius 3 is 2.30 bits per heavy atom. The second-order valence-corrected chi connectivity index (χ2v) is 5.83. The van der Waals surface area contributed by atoms with Crippen molar-refractivity contribution < 1.29 is 14.5 Å². The lowest BCUT2D eigenvalue weighted by atomic mass is 10.0. The molecule has 0 heterocycles. The predicted molar refractivity (Wildman–Crippen MR) is 107 cm³/mol. The molecule has 2 rings (SSSR count). The van der Waals surface area contributed by atoms with Crippen LogP contribution in [-0.2, 0) is 21.1 Å². The largest absolute Gasteiger partial charge is 0.399 e. The van der Waals surface area contributed by atoms with E-state index in [1.54, 1.807) is 12.1 Å². The van der Waals surface area contributed by atoms with Gasteiger partial charge in [0.15, 0.2) is 11.5 Å². The average molecular weight is 389 g/mol. The van der Waals surface area contributed by atoms with Crippen molar-refractivity contribution >= 4 is 28.9 Å². The number of benzene rings is 2. The molecular formula is C19H21ClN4O3. The second kappa shape index (κ2) is 10.2. The van der Waals surface area contributed by atoms with E-state index >= 15 is 0 Å². The van der Waals surface area contributed by atoms with Crippen molar-refractivity contribution in [1.82, 2.24) is 0 Å². The minimum Gasteiger partial charge on any atom is -0.399 e. The summed E-state index contributed by atoms with van der Waals surface area (Å²) in [4.78, 5) is 15.1. The van der Waals surface area contributed by atoms with Gasteiger partial charge in [0.1, 0.15) is 20.8 Å². The van der Waals surface area contributed by atoms with E-state index in [1.807, 2.05) is 43.3 Å². The van der Waals surface area contributed by atoms with Gasteiger partial charge in [0.05, 0.1) is 5.71 Å². The van der Waals surface area contributed by atoms with E-state index in [1.165, 1.54) is 14.2 Å². The summed E-state index contributed by atoms with van der Waals surface area (Å²) < 4.78 is 0. The molecule has 0 aliphatic rings. The summed E-state index contributed by atoms with van der Waals surface area (Å²) in [5, 5.41) is 12.5. The maximum Gasteiger partial charge on any atom is 0.192 e. The van der Waals surface area contributed by atoms with Gasteiger partial charge in [-0.2, -0.15) is 0 Å². The molecule has 0 aliphatic carbocycles. The Morgan fingerprint density at radius 1 is 0.963 bits per heavy atom. The molecule has 2 aromatic rings. The number of rotatable bonds is 8. The van der Waals surface area contributed by atoms with Crippen LogP contribution in [0.1, 0.15) is 23.6 Å². The van der Waals surface area contributed by atoms with Gasteiger partial charge < -0.3 is 20.2 Å². The topological polar surface area (TPSA) is 90.8 Å². The van der Waals surface area contributed by atoms with E-state index < -0.39 is 0 Å². The normalized spacial score (nSPS) is 12.7. The lowest BCUT2D eigenvalue weighted by Crippen LogP contribution is -2.26. The van der Waals surface area contributed by atoms with Crippen molar-refractivity contribution in [3.63, 3.8) is 0 Å². The molecule has 27 heavy (non-hydrogen) atoms. The Bertz CT molecular complexity index is 848. The zero-order valence-corrected chi connectivity index (χ0v) is 16.1. The quantitative estimate of drug-likeness (QED) is 0.425. The van der Waals surface area contributed by atoms with Crippen molar-refractivity contribution in [3.8, 4) is 0 Å². The third kappa shape index (κ3) is 5.72. The van der Waals surface area contributed by atoms with E-state index in [4.69, 9.17) is 31.8 Å². The highest BCUT2D eigenvalue weighted by Crippen LogP contribution is 2.14. The number of halogens is 1. The molecule has 0 radical (unpaired) electrons. The Kier molecular flexibility index (Phi) is 7.63. The van der Waals surface area contributed by atoms with Crippen molar-refractivity contribution in [2.24, 2.45) is 21.2 Å². The monoisotopic (exact) mass is 388 g/mol. The van der Waals surface area contributed by atoms with Crippen LogP contribution in [0.3, 0.4) is 0 Å². The van der Waals surface area contributed by atoms with Crippen LogP contribution in [0.15, 0.2) is 64.0 Å². The molecule has 2 aromatic carbocycles. The minimum atomic E-state index is 0.0904. The molecular weight excluding hydrogens is 368 g/mol. The number of nitrogens with two attached hydrogens (primary N) is 1. The van der Waals surface area contributed by atoms with Crippen LogP contribution in [-0.4, -0.2) is 31.5 Å². The fourth-order valence-electron chi connectivity index (χ4n) is 2.29. The first-order valence-corrected chi connectivity index (χ1v) is 8.43. The second-order valence-electron chi connectivity index (χ2n) is 5.40. The number of hydrogen-bond acceptors (Lipinski definition) is 6. The first kappa shape index (κ1) is 20.3. The molecule has 0 saturated heterocycles. The molecule has 7 nitrogen and oxygen atoms in total. The van der Waals surface area contributed by atoms with Gasteiger partial charge in [-0.25, -0.2) is 0 Å². The first-order valence-electron chi connectivity index (χ1n) is 8.05. The fraction of sp³-hybridized carbons (Fsp3) is 0.211. The lowest BCUT2D eigenvalue weighted by Gasteiger charge is -2.10. The molecule has 0 amide bonds. The van der Waals surface area contributed by atoms with Gasteiger partial charge >= 0.3 is 0 Å². The highest BCUT2D eigenvalue weighted by molar-refractivity contribution is 6.47. The van der Waals surface area contributed by atoms with Gasteiger partial charge in [0.25, 0.3) is 0 Å². The van der Waals surface area contributed by atoms with Gasteiger partial charge in [-0.15, -0.1) is 0 Å². The maximum atomic E-state index is 5.92. The molecule has 0 bridgehead atoms. The predicted octanol–water partition coefficient (Wildman–Crippen LogP) is 3.55. The number of nitrogens with zero attached hydrogens (tertiary/aromatic N) is 3. The highest BCUT2D eigenvalue weighted by Gasteiger charge is 2.15. The van der Waals surface area contributed by atoms with Crippen LogP contribution in [0.4, 0.5) is 0 Å².